The summed E-state index contributed by atoms with van der Waals surface area (Å²) in [4.78, 5) is 45.7. The standard InChI is InChI=1S/C37H41ClF2N6O4.H2S/c1-5-6-10-32(47)41-26-13-11-23(12-14-26)19-30(43-36(49)50-37(2,3)4)35(48)45-17-18-46-31(22-45)44-33(24-8-7-9-25(39)20-24)34(46)42-27-15-16-28(38)29(40)21-27;/h7-9,11-16,20-21,30,42H,5-6,10,17-19,22H2,1-4H3,(H,41,47)(H,43,49);1H2/t30-;/m0./s1. The molecule has 0 radical (unpaired) electrons. The Labute approximate surface area is 308 Å². The van der Waals surface area contributed by atoms with Gasteiger partial charge in [-0.1, -0.05) is 49.2 Å². The van der Waals surface area contributed by atoms with Crippen molar-refractivity contribution in [3.63, 3.8) is 0 Å². The van der Waals surface area contributed by atoms with E-state index in [-0.39, 0.29) is 49.8 Å². The summed E-state index contributed by atoms with van der Waals surface area (Å²) in [5, 5.41) is 8.83. The zero-order valence-corrected chi connectivity index (χ0v) is 30.7. The van der Waals surface area contributed by atoms with E-state index in [1.54, 1.807) is 68.1 Å². The van der Waals surface area contributed by atoms with E-state index in [2.05, 4.69) is 16.0 Å². The lowest BCUT2D eigenvalue weighted by Gasteiger charge is -2.32. The van der Waals surface area contributed by atoms with Gasteiger partial charge in [0.2, 0.25) is 11.8 Å². The van der Waals surface area contributed by atoms with Crippen LogP contribution < -0.4 is 16.0 Å². The van der Waals surface area contributed by atoms with Gasteiger partial charge in [0.05, 0.1) is 11.6 Å². The number of hydrogen-bond donors (Lipinski definition) is 3. The lowest BCUT2D eigenvalue weighted by Crippen LogP contribution is -2.52. The third-order valence-corrected chi connectivity index (χ3v) is 8.30. The molecule has 0 fully saturated rings. The number of carbonyl (C=O) groups excluding carboxylic acids is 3. The van der Waals surface area contributed by atoms with Crippen LogP contribution in [0.3, 0.4) is 0 Å². The lowest BCUT2D eigenvalue weighted by molar-refractivity contribution is -0.135. The fraction of sp³-hybridized carbons (Fsp3) is 0.351. The zero-order valence-electron chi connectivity index (χ0n) is 29.0. The minimum Gasteiger partial charge on any atom is -0.444 e. The number of halogens is 3. The van der Waals surface area contributed by atoms with Gasteiger partial charge in [0.25, 0.3) is 0 Å². The predicted molar refractivity (Wildman–Crippen MR) is 200 cm³/mol. The maximum Gasteiger partial charge on any atom is 0.408 e. The molecule has 1 atom stereocenters. The molecular weight excluding hydrogens is 698 g/mol. The molecule has 0 bridgehead atoms. The molecule has 0 saturated carbocycles. The van der Waals surface area contributed by atoms with Gasteiger partial charge >= 0.3 is 6.09 Å². The van der Waals surface area contributed by atoms with Crippen molar-refractivity contribution in [1.82, 2.24) is 19.8 Å². The van der Waals surface area contributed by atoms with Crippen LogP contribution >= 0.6 is 25.1 Å². The van der Waals surface area contributed by atoms with Crippen molar-refractivity contribution in [3.05, 3.63) is 94.8 Å². The number of hydrogen-bond acceptors (Lipinski definition) is 6. The van der Waals surface area contributed by atoms with Crippen molar-refractivity contribution >= 4 is 60.2 Å². The SMILES string of the molecule is CCCCC(=O)Nc1ccc(C[C@H](NC(=O)OC(C)(C)C)C(=O)N2CCn3c(nc(-c4cccc(F)c4)c3Nc3ccc(Cl)c(F)c3)C2)cc1.S. The molecular formula is C37H43ClF2N6O4S. The number of imidazole rings is 1. The number of unbranched alkanes of at least 4 members (excludes halogenated alkanes) is 1. The smallest absolute Gasteiger partial charge is 0.408 e. The summed E-state index contributed by atoms with van der Waals surface area (Å²) in [6, 6.07) is 16.5. The largest absolute Gasteiger partial charge is 0.444 e. The Balaban J connectivity index is 0.00000583. The van der Waals surface area contributed by atoms with E-state index in [0.717, 1.165) is 18.4 Å². The van der Waals surface area contributed by atoms with Crippen LogP contribution in [-0.2, 0) is 33.8 Å². The molecule has 10 nitrogen and oxygen atoms in total. The highest BCUT2D eigenvalue weighted by atomic mass is 35.5. The van der Waals surface area contributed by atoms with E-state index >= 15 is 0 Å². The van der Waals surface area contributed by atoms with Crippen LogP contribution in [-0.4, -0.2) is 50.5 Å². The number of carbonyl (C=O) groups is 3. The van der Waals surface area contributed by atoms with Gasteiger partial charge in [-0.2, -0.15) is 13.5 Å². The predicted octanol–water partition coefficient (Wildman–Crippen LogP) is 7.95. The molecule has 14 heteroatoms. The number of fused-ring (bicyclic) bond motifs is 1. The fourth-order valence-electron chi connectivity index (χ4n) is 5.58. The third kappa shape index (κ3) is 10.5. The molecule has 0 aliphatic carbocycles. The van der Waals surface area contributed by atoms with E-state index in [1.807, 2.05) is 11.5 Å². The second-order valence-corrected chi connectivity index (χ2v) is 13.6. The molecule has 5 rings (SSSR count). The number of nitrogens with one attached hydrogen (secondary N) is 3. The van der Waals surface area contributed by atoms with Gasteiger partial charge in [-0.15, -0.1) is 0 Å². The molecule has 51 heavy (non-hydrogen) atoms. The Morgan fingerprint density at radius 1 is 1.00 bits per heavy atom. The molecule has 4 aromatic rings. The maximum absolute atomic E-state index is 14.3. The molecule has 2 heterocycles. The van der Waals surface area contributed by atoms with Crippen LogP contribution in [0, 0.1) is 11.6 Å². The Kier molecular flexibility index (Phi) is 13.1. The summed E-state index contributed by atoms with van der Waals surface area (Å²) in [6.07, 6.45) is 1.58. The first-order chi connectivity index (χ1) is 23.8. The molecule has 0 spiro atoms. The van der Waals surface area contributed by atoms with Crippen LogP contribution in [0.4, 0.5) is 30.8 Å². The number of ether oxygens (including phenoxy) is 1. The average Bonchev–Trinajstić information content (AvgIpc) is 3.42. The second kappa shape index (κ2) is 17.1. The first kappa shape index (κ1) is 39.2. The minimum absolute atomic E-state index is 0. The summed E-state index contributed by atoms with van der Waals surface area (Å²) < 4.78 is 36.0. The molecule has 3 amide bonds. The van der Waals surface area contributed by atoms with Gasteiger partial charge in [0, 0.05) is 42.9 Å². The van der Waals surface area contributed by atoms with E-state index < -0.39 is 29.4 Å². The van der Waals surface area contributed by atoms with Gasteiger partial charge in [-0.05, 0) is 75.2 Å². The van der Waals surface area contributed by atoms with Crippen LogP contribution in [0.25, 0.3) is 11.3 Å². The van der Waals surface area contributed by atoms with Crippen molar-refractivity contribution in [2.45, 2.75) is 78.1 Å². The summed E-state index contributed by atoms with van der Waals surface area (Å²) in [7, 11) is 0. The van der Waals surface area contributed by atoms with Crippen LogP contribution in [0.1, 0.15) is 58.3 Å². The highest BCUT2D eigenvalue weighted by Gasteiger charge is 2.33. The molecule has 272 valence electrons. The molecule has 1 aliphatic rings. The number of amides is 3. The van der Waals surface area contributed by atoms with Crippen molar-refractivity contribution in [2.75, 3.05) is 17.2 Å². The summed E-state index contributed by atoms with van der Waals surface area (Å²) >= 11 is 5.90. The van der Waals surface area contributed by atoms with Gasteiger partial charge < -0.3 is 30.2 Å². The normalized spacial score (nSPS) is 13.0. The monoisotopic (exact) mass is 740 g/mol. The highest BCUT2D eigenvalue weighted by molar-refractivity contribution is 7.59. The summed E-state index contributed by atoms with van der Waals surface area (Å²) in [6.45, 7) is 7.91. The van der Waals surface area contributed by atoms with Crippen molar-refractivity contribution in [2.24, 2.45) is 0 Å². The molecule has 1 aliphatic heterocycles. The quantitative estimate of drug-likeness (QED) is 0.144. The molecule has 0 unspecified atom stereocenters. The van der Waals surface area contributed by atoms with Gasteiger partial charge in [0.1, 0.15) is 40.6 Å². The van der Waals surface area contributed by atoms with E-state index in [1.165, 1.54) is 24.3 Å². The van der Waals surface area contributed by atoms with Crippen molar-refractivity contribution < 1.29 is 27.9 Å². The zero-order chi connectivity index (χ0) is 36.0. The first-order valence-corrected chi connectivity index (χ1v) is 16.9. The Bertz CT molecular complexity index is 1860. The number of alkyl carbamates (subject to hydrolysis) is 1. The lowest BCUT2D eigenvalue weighted by atomic mass is 10.0. The number of benzene rings is 3. The fourth-order valence-corrected chi connectivity index (χ4v) is 5.70. The molecule has 0 saturated heterocycles. The van der Waals surface area contributed by atoms with Crippen molar-refractivity contribution in [3.8, 4) is 11.3 Å². The summed E-state index contributed by atoms with van der Waals surface area (Å²) in [5.74, 6) is -0.443. The second-order valence-electron chi connectivity index (χ2n) is 13.2. The molecule has 1 aromatic heterocycles. The number of nitrogens with zero attached hydrogens (tertiary/aromatic N) is 3. The average molecular weight is 741 g/mol. The van der Waals surface area contributed by atoms with Gasteiger partial charge in [0.15, 0.2) is 0 Å². The van der Waals surface area contributed by atoms with Gasteiger partial charge in [-0.25, -0.2) is 18.6 Å². The number of aromatic nitrogens is 2. The minimum atomic E-state index is -0.978. The third-order valence-electron chi connectivity index (χ3n) is 7.99. The Morgan fingerprint density at radius 3 is 2.39 bits per heavy atom. The summed E-state index contributed by atoms with van der Waals surface area (Å²) in [5.41, 5.74) is 1.96. The van der Waals surface area contributed by atoms with Crippen LogP contribution in [0.15, 0.2) is 66.7 Å². The Hall–Kier alpha value is -4.62. The van der Waals surface area contributed by atoms with Crippen LogP contribution in [0.5, 0.6) is 0 Å². The van der Waals surface area contributed by atoms with E-state index in [0.29, 0.717) is 47.2 Å². The molecule has 3 N–H and O–H groups in total. The Morgan fingerprint density at radius 2 is 1.73 bits per heavy atom. The van der Waals surface area contributed by atoms with E-state index in [4.69, 9.17) is 21.3 Å². The molecule has 3 aromatic carbocycles. The number of rotatable bonds is 11. The highest BCUT2D eigenvalue weighted by Crippen LogP contribution is 2.34. The maximum atomic E-state index is 14.3. The van der Waals surface area contributed by atoms with Gasteiger partial charge in [-0.3, -0.25) is 9.59 Å². The number of anilines is 3. The van der Waals surface area contributed by atoms with Crippen LogP contribution in [0.2, 0.25) is 5.02 Å². The first-order valence-electron chi connectivity index (χ1n) is 16.5. The van der Waals surface area contributed by atoms with Crippen molar-refractivity contribution in [1.29, 1.82) is 0 Å². The van der Waals surface area contributed by atoms with E-state index in [9.17, 15) is 23.2 Å². The topological polar surface area (TPSA) is 118 Å².